The summed E-state index contributed by atoms with van der Waals surface area (Å²) in [5, 5.41) is 103. The van der Waals surface area contributed by atoms with Gasteiger partial charge in [-0.25, -0.2) is 9.59 Å². The maximum atomic E-state index is 13.4. The number of fused-ring (bicyclic) bond motifs is 4. The number of aliphatic hydroxyl groups excluding tert-OH is 2. The van der Waals surface area contributed by atoms with Gasteiger partial charge in [0.1, 0.15) is 42.2 Å². The number of aromatic hydroxyl groups is 8. The van der Waals surface area contributed by atoms with E-state index in [1.54, 1.807) is 0 Å². The summed E-state index contributed by atoms with van der Waals surface area (Å²) in [6.45, 7) is -0.827. The van der Waals surface area contributed by atoms with Crippen LogP contribution in [-0.2, 0) is 14.2 Å². The van der Waals surface area contributed by atoms with Crippen LogP contribution < -0.4 is 4.74 Å². The molecule has 0 saturated carbocycles. The van der Waals surface area contributed by atoms with Gasteiger partial charge in [0.15, 0.2) is 29.1 Å². The van der Waals surface area contributed by atoms with Gasteiger partial charge in [0.25, 0.3) is 0 Å². The molecule has 0 unspecified atom stereocenters. The first kappa shape index (κ1) is 28.2. The zero-order chi connectivity index (χ0) is 30.6. The molecule has 5 rings (SSSR count). The quantitative estimate of drug-likeness (QED) is 0.141. The molecule has 0 radical (unpaired) electrons. The van der Waals surface area contributed by atoms with Crippen molar-refractivity contribution in [2.45, 2.75) is 30.7 Å². The van der Waals surface area contributed by atoms with Gasteiger partial charge >= 0.3 is 11.9 Å². The van der Waals surface area contributed by atoms with Gasteiger partial charge in [0, 0.05) is 29.3 Å². The van der Waals surface area contributed by atoms with E-state index in [4.69, 9.17) is 18.9 Å². The number of benzene rings is 3. The Kier molecular flexibility index (Phi) is 6.89. The van der Waals surface area contributed by atoms with Crippen molar-refractivity contribution in [1.29, 1.82) is 0 Å². The molecule has 2 aliphatic heterocycles. The maximum Gasteiger partial charge on any atom is 0.339 e. The highest BCUT2D eigenvalue weighted by molar-refractivity contribution is 6.08. The lowest BCUT2D eigenvalue weighted by Gasteiger charge is -2.41. The topological polar surface area (TPSA) is 273 Å². The fourth-order valence-electron chi connectivity index (χ4n) is 4.59. The van der Waals surface area contributed by atoms with Crippen LogP contribution in [0.15, 0.2) is 30.3 Å². The van der Waals surface area contributed by atoms with E-state index in [9.17, 15) is 60.7 Å². The minimum Gasteiger partial charge on any atom is -0.508 e. The largest absolute Gasteiger partial charge is 0.508 e. The Morgan fingerprint density at radius 1 is 0.667 bits per heavy atom. The molecular formula is C26H22O16. The third-order valence-corrected chi connectivity index (χ3v) is 6.59. The first-order valence-electron chi connectivity index (χ1n) is 11.9. The van der Waals surface area contributed by atoms with E-state index in [0.29, 0.717) is 12.1 Å². The van der Waals surface area contributed by atoms with E-state index >= 15 is 0 Å². The summed E-state index contributed by atoms with van der Waals surface area (Å²) in [7, 11) is 0. The predicted octanol–water partition coefficient (Wildman–Crippen LogP) is 0.220. The molecule has 3 aromatic carbocycles. The summed E-state index contributed by atoms with van der Waals surface area (Å²) in [5.41, 5.74) is -3.21. The third-order valence-electron chi connectivity index (χ3n) is 6.59. The molecule has 0 aliphatic carbocycles. The molecule has 16 nitrogen and oxygen atoms in total. The molecule has 16 heteroatoms. The number of hydrogen-bond donors (Lipinski definition) is 10. The van der Waals surface area contributed by atoms with E-state index in [1.807, 2.05) is 0 Å². The number of carbonyl (C=O) groups excluding carboxylic acids is 2. The van der Waals surface area contributed by atoms with Crippen LogP contribution in [0.4, 0.5) is 0 Å². The Morgan fingerprint density at radius 3 is 1.74 bits per heavy atom. The highest BCUT2D eigenvalue weighted by atomic mass is 16.7. The third kappa shape index (κ3) is 4.68. The van der Waals surface area contributed by atoms with E-state index in [2.05, 4.69) is 0 Å². The number of carbonyl (C=O) groups is 2. The molecule has 5 atom stereocenters. The molecule has 0 bridgehead atoms. The Hall–Kier alpha value is -5.32. The summed E-state index contributed by atoms with van der Waals surface area (Å²) in [4.78, 5) is 26.6. The maximum absolute atomic E-state index is 13.4. The van der Waals surface area contributed by atoms with Gasteiger partial charge in [-0.05, 0) is 12.1 Å². The van der Waals surface area contributed by atoms with Crippen molar-refractivity contribution >= 4 is 11.9 Å². The summed E-state index contributed by atoms with van der Waals surface area (Å²) in [5.74, 6) is -10.8. The van der Waals surface area contributed by atoms with Crippen LogP contribution in [0.5, 0.6) is 51.7 Å². The molecule has 10 N–H and O–H groups in total. The summed E-state index contributed by atoms with van der Waals surface area (Å²) in [6, 6.07) is 4.29. The second kappa shape index (κ2) is 10.3. The molecule has 222 valence electrons. The van der Waals surface area contributed by atoms with Gasteiger partial charge in [-0.2, -0.15) is 0 Å². The monoisotopic (exact) mass is 590 g/mol. The van der Waals surface area contributed by atoms with Crippen molar-refractivity contribution in [3.63, 3.8) is 0 Å². The number of phenolic OH excluding ortho intramolecular Hbond substituents is 8. The minimum absolute atomic E-state index is 0.216. The van der Waals surface area contributed by atoms with Gasteiger partial charge in [-0.3, -0.25) is 0 Å². The first-order chi connectivity index (χ1) is 19.8. The zero-order valence-corrected chi connectivity index (χ0v) is 20.9. The molecule has 2 aliphatic rings. The lowest BCUT2D eigenvalue weighted by molar-refractivity contribution is -0.276. The number of rotatable bonds is 2. The number of esters is 2. The smallest absolute Gasteiger partial charge is 0.339 e. The summed E-state index contributed by atoms with van der Waals surface area (Å²) in [6.07, 6.45) is -9.12. The van der Waals surface area contributed by atoms with Crippen LogP contribution >= 0.6 is 0 Å². The molecule has 1 fully saturated rings. The van der Waals surface area contributed by atoms with Crippen molar-refractivity contribution < 1.29 is 79.6 Å². The Bertz CT molecular complexity index is 1580. The van der Waals surface area contributed by atoms with Gasteiger partial charge < -0.3 is 70.0 Å². The van der Waals surface area contributed by atoms with E-state index < -0.39 is 118 Å². The van der Waals surface area contributed by atoms with E-state index in [1.165, 1.54) is 0 Å². The van der Waals surface area contributed by atoms with E-state index in [-0.39, 0.29) is 5.75 Å². The standard InChI is InChI=1S/C26H22O16/c27-7-1-8(28)3-9(2-7)40-26-22(36)21(35)23-14(41-26)6-39-24(37)10-4-12(29)17(31)19(33)15(10)16-11(25(38)42-23)5-13(30)18(32)20(16)34/h1-5,14,21-23,26-36H,6H2/t14-,21-,22-,23-,26-/m1/s1. The van der Waals surface area contributed by atoms with Crippen LogP contribution in [0, 0.1) is 0 Å². The number of hydrogen-bond acceptors (Lipinski definition) is 16. The number of ether oxygens (including phenoxy) is 4. The number of phenols is 8. The van der Waals surface area contributed by atoms with Crippen LogP contribution in [0.3, 0.4) is 0 Å². The minimum atomic E-state index is -2.00. The average molecular weight is 590 g/mol. The Labute approximate surface area is 233 Å². The van der Waals surface area contributed by atoms with Crippen LogP contribution in [0.2, 0.25) is 0 Å². The van der Waals surface area contributed by atoms with Gasteiger partial charge in [0.2, 0.25) is 17.8 Å². The van der Waals surface area contributed by atoms with Gasteiger partial charge in [-0.15, -0.1) is 0 Å². The van der Waals surface area contributed by atoms with Crippen LogP contribution in [0.25, 0.3) is 11.1 Å². The molecule has 2 heterocycles. The molecule has 1 saturated heterocycles. The van der Waals surface area contributed by atoms with Gasteiger partial charge in [-0.1, -0.05) is 0 Å². The fourth-order valence-corrected chi connectivity index (χ4v) is 4.59. The highest BCUT2D eigenvalue weighted by Crippen LogP contribution is 2.52. The summed E-state index contributed by atoms with van der Waals surface area (Å²) < 4.78 is 21.6. The van der Waals surface area contributed by atoms with Crippen molar-refractivity contribution in [2.75, 3.05) is 6.61 Å². The average Bonchev–Trinajstić information content (AvgIpc) is 2.94. The second-order valence-corrected chi connectivity index (χ2v) is 9.33. The molecule has 42 heavy (non-hydrogen) atoms. The van der Waals surface area contributed by atoms with Crippen molar-refractivity contribution in [3.05, 3.63) is 41.5 Å². The fraction of sp³-hybridized carbons (Fsp3) is 0.231. The molecule has 0 aromatic heterocycles. The Balaban J connectivity index is 1.62. The van der Waals surface area contributed by atoms with Crippen molar-refractivity contribution in [1.82, 2.24) is 0 Å². The summed E-state index contributed by atoms with van der Waals surface area (Å²) >= 11 is 0. The van der Waals surface area contributed by atoms with Crippen molar-refractivity contribution in [2.24, 2.45) is 0 Å². The normalized spacial score (nSPS) is 23.8. The SMILES string of the molecule is O=C1OC[C@H]2O[C@@H](Oc3cc(O)cc(O)c3)[C@H](O)[C@@H](O)[C@@H]2OC(=O)c2cc(O)c(O)c(O)c2-c2c1cc(O)c(O)c2O. The number of cyclic esters (lactones) is 1. The lowest BCUT2D eigenvalue weighted by Crippen LogP contribution is -2.61. The molecule has 3 aromatic rings. The predicted molar refractivity (Wildman–Crippen MR) is 132 cm³/mol. The number of aliphatic hydroxyl groups is 2. The van der Waals surface area contributed by atoms with E-state index in [0.717, 1.165) is 18.2 Å². The Morgan fingerprint density at radius 2 is 1.19 bits per heavy atom. The van der Waals surface area contributed by atoms with Crippen LogP contribution in [0.1, 0.15) is 20.7 Å². The zero-order valence-electron chi connectivity index (χ0n) is 20.9. The highest BCUT2D eigenvalue weighted by Gasteiger charge is 2.49. The molecule has 0 amide bonds. The van der Waals surface area contributed by atoms with Crippen molar-refractivity contribution in [3.8, 4) is 62.9 Å². The molecule has 0 spiro atoms. The van der Waals surface area contributed by atoms with Gasteiger partial charge in [0.05, 0.1) is 11.1 Å². The lowest BCUT2D eigenvalue weighted by atomic mass is 9.92. The van der Waals surface area contributed by atoms with Crippen LogP contribution in [-0.4, -0.2) is 100 Å². The molecular weight excluding hydrogens is 568 g/mol. The first-order valence-corrected chi connectivity index (χ1v) is 11.9. The second-order valence-electron chi connectivity index (χ2n) is 9.33.